The van der Waals surface area contributed by atoms with Crippen molar-refractivity contribution in [2.45, 2.75) is 30.8 Å². The first kappa shape index (κ1) is 32.3. The second kappa shape index (κ2) is 14.4. The van der Waals surface area contributed by atoms with Crippen LogP contribution in [0.25, 0.3) is 11.3 Å². The average Bonchev–Trinajstić information content (AvgIpc) is 3.08. The molecule has 3 aliphatic heterocycles. The molecular weight excluding hydrogens is 611 g/mol. The number of nitrogens with one attached hydrogen (secondary N) is 1. The van der Waals surface area contributed by atoms with Crippen molar-refractivity contribution in [3.8, 4) is 29.0 Å². The lowest BCUT2D eigenvalue weighted by atomic mass is 10.0. The Kier molecular flexibility index (Phi) is 9.92. The zero-order valence-electron chi connectivity index (χ0n) is 26.0. The summed E-state index contributed by atoms with van der Waals surface area (Å²) in [6.07, 6.45) is -2.26. The van der Waals surface area contributed by atoms with Gasteiger partial charge in [-0.15, -0.1) is 0 Å². The molecule has 1 amide bonds. The number of halogens is 1. The summed E-state index contributed by atoms with van der Waals surface area (Å²) in [5.41, 5.74) is 2.28. The van der Waals surface area contributed by atoms with E-state index in [4.69, 9.17) is 19.3 Å². The van der Waals surface area contributed by atoms with Crippen molar-refractivity contribution in [1.82, 2.24) is 24.8 Å². The number of hydrogen-bond donors (Lipinski definition) is 3. The Morgan fingerprint density at radius 2 is 1.98 bits per heavy atom. The molecule has 2 aromatic heterocycles. The molecule has 0 unspecified atom stereocenters. The third-order valence-electron chi connectivity index (χ3n) is 8.65. The zero-order chi connectivity index (χ0) is 32.9. The van der Waals surface area contributed by atoms with Crippen molar-refractivity contribution < 1.29 is 33.6 Å². The molecule has 0 saturated carbocycles. The predicted octanol–water partition coefficient (Wildman–Crippen LogP) is 1.35. The number of methoxy groups -OCH3 is 1. The fourth-order valence-electron chi connectivity index (χ4n) is 5.90. The highest BCUT2D eigenvalue weighted by atomic mass is 19.1. The third kappa shape index (κ3) is 7.20. The molecule has 1 aromatic carbocycles. The number of benzene rings is 1. The normalized spacial score (nSPS) is 21.0. The maximum atomic E-state index is 14.9. The van der Waals surface area contributed by atoms with Crippen molar-refractivity contribution in [2.24, 2.45) is 0 Å². The number of amides is 1. The monoisotopic (exact) mass is 648 g/mol. The number of aliphatic hydroxyl groups is 2. The number of aromatic nitrogens is 3. The Labute approximate surface area is 271 Å². The number of piperidine rings is 1. The SMILES string of the molecule is COc1nc(Nc2nccc(-c3ccc(O[C@H]4CCN(C(=O)[C@@H](O)CO)C[C@@H]4F)c(C#N)c3)n2)ccc1N1CCN(C2COC2)CC1. The molecule has 0 radical (unpaired) electrons. The lowest BCUT2D eigenvalue weighted by Crippen LogP contribution is -2.56. The highest BCUT2D eigenvalue weighted by Crippen LogP contribution is 2.32. The molecular formula is C32H37FN8O6. The fourth-order valence-corrected chi connectivity index (χ4v) is 5.90. The maximum Gasteiger partial charge on any atom is 0.253 e. The Balaban J connectivity index is 1.10. The number of aliphatic hydroxyl groups excluding tert-OH is 2. The van der Waals surface area contributed by atoms with Crippen LogP contribution in [0.15, 0.2) is 42.6 Å². The highest BCUT2D eigenvalue weighted by Gasteiger charge is 2.35. The number of ether oxygens (including phenoxy) is 3. The number of anilines is 3. The van der Waals surface area contributed by atoms with E-state index in [1.807, 2.05) is 12.1 Å². The van der Waals surface area contributed by atoms with Gasteiger partial charge in [-0.25, -0.2) is 14.4 Å². The van der Waals surface area contributed by atoms with E-state index in [-0.39, 0.29) is 30.8 Å². The number of nitrogens with zero attached hydrogens (tertiary/aromatic N) is 7. The first-order chi connectivity index (χ1) is 22.9. The number of piperazine rings is 1. The Hall–Kier alpha value is -4.62. The van der Waals surface area contributed by atoms with Crippen LogP contribution in [0.3, 0.4) is 0 Å². The molecule has 248 valence electrons. The molecule has 0 spiro atoms. The maximum absolute atomic E-state index is 14.9. The second-order valence-corrected chi connectivity index (χ2v) is 11.6. The number of alkyl halides is 1. The molecule has 47 heavy (non-hydrogen) atoms. The Morgan fingerprint density at radius 1 is 1.17 bits per heavy atom. The summed E-state index contributed by atoms with van der Waals surface area (Å²) in [6.45, 7) is 4.38. The van der Waals surface area contributed by atoms with Gasteiger partial charge in [0.2, 0.25) is 11.8 Å². The van der Waals surface area contributed by atoms with Gasteiger partial charge in [-0.3, -0.25) is 9.69 Å². The molecule has 14 nitrogen and oxygen atoms in total. The number of nitriles is 1. The van der Waals surface area contributed by atoms with Crippen LogP contribution in [0.4, 0.5) is 21.8 Å². The number of likely N-dealkylation sites (tertiary alicyclic amines) is 1. The Bertz CT molecular complexity index is 1610. The zero-order valence-corrected chi connectivity index (χ0v) is 26.0. The van der Waals surface area contributed by atoms with Gasteiger partial charge < -0.3 is 39.5 Å². The van der Waals surface area contributed by atoms with Crippen molar-refractivity contribution >= 4 is 23.4 Å². The third-order valence-corrected chi connectivity index (χ3v) is 8.65. The summed E-state index contributed by atoms with van der Waals surface area (Å²) in [4.78, 5) is 31.6. The molecule has 3 aromatic rings. The van der Waals surface area contributed by atoms with Gasteiger partial charge in [0.25, 0.3) is 5.91 Å². The van der Waals surface area contributed by atoms with Crippen LogP contribution in [-0.4, -0.2) is 131 Å². The van der Waals surface area contributed by atoms with Crippen LogP contribution in [0.5, 0.6) is 11.6 Å². The van der Waals surface area contributed by atoms with E-state index < -0.39 is 30.9 Å². The van der Waals surface area contributed by atoms with E-state index in [1.165, 1.54) is 0 Å². The number of carbonyl (C=O) groups excluding carboxylic acids is 1. The van der Waals surface area contributed by atoms with Gasteiger partial charge in [-0.1, -0.05) is 0 Å². The summed E-state index contributed by atoms with van der Waals surface area (Å²) in [6, 6.07) is 13.1. The van der Waals surface area contributed by atoms with Gasteiger partial charge in [0, 0.05) is 50.9 Å². The molecule has 0 aliphatic carbocycles. The molecule has 15 heteroatoms. The topological polar surface area (TPSA) is 169 Å². The van der Waals surface area contributed by atoms with Gasteiger partial charge in [0.15, 0.2) is 12.3 Å². The van der Waals surface area contributed by atoms with E-state index in [9.17, 15) is 19.6 Å². The smallest absolute Gasteiger partial charge is 0.253 e. The van der Waals surface area contributed by atoms with Crippen LogP contribution in [0, 0.1) is 11.3 Å². The fraction of sp³-hybridized carbons (Fsp3) is 0.469. The highest BCUT2D eigenvalue weighted by molar-refractivity contribution is 5.81. The van der Waals surface area contributed by atoms with E-state index >= 15 is 0 Å². The number of pyridine rings is 1. The quantitative estimate of drug-likeness (QED) is 0.288. The molecule has 3 atom stereocenters. The number of hydrogen-bond acceptors (Lipinski definition) is 13. The van der Waals surface area contributed by atoms with Gasteiger partial charge in [0.05, 0.1) is 50.8 Å². The average molecular weight is 649 g/mol. The second-order valence-electron chi connectivity index (χ2n) is 11.6. The first-order valence-electron chi connectivity index (χ1n) is 15.5. The molecule has 3 fully saturated rings. The Morgan fingerprint density at radius 3 is 2.66 bits per heavy atom. The molecule has 3 N–H and O–H groups in total. The molecule has 3 saturated heterocycles. The van der Waals surface area contributed by atoms with E-state index in [0.717, 1.165) is 50.0 Å². The summed E-state index contributed by atoms with van der Waals surface area (Å²) in [5.74, 6) is 0.783. The van der Waals surface area contributed by atoms with Crippen LogP contribution in [0.2, 0.25) is 0 Å². The summed E-state index contributed by atoms with van der Waals surface area (Å²) < 4.78 is 31.8. The van der Waals surface area contributed by atoms with Gasteiger partial charge in [-0.2, -0.15) is 10.2 Å². The minimum atomic E-state index is -1.58. The van der Waals surface area contributed by atoms with E-state index in [2.05, 4.69) is 36.1 Å². The molecule has 6 rings (SSSR count). The first-order valence-corrected chi connectivity index (χ1v) is 15.5. The number of rotatable bonds is 10. The summed E-state index contributed by atoms with van der Waals surface area (Å²) in [7, 11) is 1.59. The van der Waals surface area contributed by atoms with Crippen molar-refractivity contribution in [3.63, 3.8) is 0 Å². The largest absolute Gasteiger partial charge is 0.486 e. The van der Waals surface area contributed by atoms with Crippen LogP contribution in [0.1, 0.15) is 12.0 Å². The summed E-state index contributed by atoms with van der Waals surface area (Å²) in [5, 5.41) is 31.6. The minimum Gasteiger partial charge on any atom is -0.486 e. The lowest BCUT2D eigenvalue weighted by molar-refractivity contribution is -0.146. The van der Waals surface area contributed by atoms with Gasteiger partial charge in [-0.05, 0) is 36.4 Å². The van der Waals surface area contributed by atoms with Gasteiger partial charge >= 0.3 is 0 Å². The van der Waals surface area contributed by atoms with E-state index in [1.54, 1.807) is 37.6 Å². The van der Waals surface area contributed by atoms with Crippen LogP contribution >= 0.6 is 0 Å². The molecule has 0 bridgehead atoms. The standard InChI is InChI=1S/C32H37FN8O6/c1-45-30-25(40-12-10-39(11-13-40)22-18-46-19-22)3-5-29(37-30)38-32-35-8-6-24(36-32)20-2-4-27(21(14-20)15-34)47-28-7-9-41(16-23(28)33)31(44)26(43)17-42/h2-6,8,14,22-23,26,28,42-43H,7,9-13,16-19H2,1H3,(H,35,36,37,38)/t23-,26-,28-/m0/s1. The minimum absolute atomic E-state index is 0.148. The lowest BCUT2D eigenvalue weighted by Gasteiger charge is -2.43. The molecule has 3 aliphatic rings. The van der Waals surface area contributed by atoms with Crippen molar-refractivity contribution in [3.05, 3.63) is 48.2 Å². The summed E-state index contributed by atoms with van der Waals surface area (Å²) >= 11 is 0. The number of carbonyl (C=O) groups is 1. The van der Waals surface area contributed by atoms with Crippen LogP contribution < -0.4 is 19.7 Å². The van der Waals surface area contributed by atoms with Crippen molar-refractivity contribution in [2.75, 3.05) is 76.4 Å². The molecule has 5 heterocycles. The van der Waals surface area contributed by atoms with E-state index in [0.29, 0.717) is 34.9 Å². The van der Waals surface area contributed by atoms with Crippen molar-refractivity contribution in [1.29, 1.82) is 5.26 Å². The van der Waals surface area contributed by atoms with Gasteiger partial charge in [0.1, 0.15) is 29.4 Å². The van der Waals surface area contributed by atoms with Crippen LogP contribution in [-0.2, 0) is 9.53 Å². The predicted molar refractivity (Wildman–Crippen MR) is 168 cm³/mol.